The van der Waals surface area contributed by atoms with Crippen LogP contribution in [0.3, 0.4) is 0 Å². The first-order valence-electron chi connectivity index (χ1n) is 5.57. The van der Waals surface area contributed by atoms with Gasteiger partial charge in [0.1, 0.15) is 5.75 Å². The Morgan fingerprint density at radius 3 is 2.76 bits per heavy atom. The van der Waals surface area contributed by atoms with E-state index in [0.717, 1.165) is 18.4 Å². The lowest BCUT2D eigenvalue weighted by Gasteiger charge is -2.13. The Balaban J connectivity index is 1.93. The van der Waals surface area contributed by atoms with Gasteiger partial charge in [0.25, 0.3) is 0 Å². The molecule has 94 valence electrons. The Labute approximate surface area is 98.5 Å². The van der Waals surface area contributed by atoms with Gasteiger partial charge in [-0.05, 0) is 30.5 Å². The third kappa shape index (κ3) is 3.94. The summed E-state index contributed by atoms with van der Waals surface area (Å²) < 4.78 is 33.9. The van der Waals surface area contributed by atoms with Crippen molar-refractivity contribution in [2.24, 2.45) is 5.73 Å². The molecule has 0 bridgehead atoms. The summed E-state index contributed by atoms with van der Waals surface area (Å²) >= 11 is 0. The third-order valence-corrected chi connectivity index (χ3v) is 2.55. The normalized spacial score (nSPS) is 17.2. The summed E-state index contributed by atoms with van der Waals surface area (Å²) in [6, 6.07) is 6.11. The van der Waals surface area contributed by atoms with Crippen LogP contribution in [0.5, 0.6) is 5.75 Å². The monoisotopic (exact) mass is 243 g/mol. The Morgan fingerprint density at radius 2 is 2.12 bits per heavy atom. The fraction of sp³-hybridized carbons (Fsp3) is 0.500. The van der Waals surface area contributed by atoms with Crippen LogP contribution in [-0.4, -0.2) is 19.3 Å². The molecule has 0 amide bonds. The summed E-state index contributed by atoms with van der Waals surface area (Å²) in [5.74, 6) is 0.124. The maximum atomic E-state index is 12.0. The molecule has 0 aromatic heterocycles. The van der Waals surface area contributed by atoms with Crippen molar-refractivity contribution in [1.82, 2.24) is 0 Å². The van der Waals surface area contributed by atoms with Gasteiger partial charge in [-0.2, -0.15) is 8.78 Å². The van der Waals surface area contributed by atoms with E-state index in [9.17, 15) is 8.78 Å². The second-order valence-corrected chi connectivity index (χ2v) is 4.09. The van der Waals surface area contributed by atoms with E-state index in [2.05, 4.69) is 4.74 Å². The topological polar surface area (TPSA) is 44.5 Å². The van der Waals surface area contributed by atoms with Crippen LogP contribution in [-0.2, 0) is 4.74 Å². The summed E-state index contributed by atoms with van der Waals surface area (Å²) in [6.07, 6.45) is 2.50. The lowest BCUT2D eigenvalue weighted by molar-refractivity contribution is -0.0499. The fourth-order valence-corrected chi connectivity index (χ4v) is 1.49. The van der Waals surface area contributed by atoms with Gasteiger partial charge in [0, 0.05) is 0 Å². The first-order chi connectivity index (χ1) is 8.15. The number of halogens is 2. The molecule has 3 nitrogen and oxygen atoms in total. The minimum atomic E-state index is -2.82. The highest BCUT2D eigenvalue weighted by Crippen LogP contribution is 2.26. The van der Waals surface area contributed by atoms with Gasteiger partial charge in [0.2, 0.25) is 0 Å². The van der Waals surface area contributed by atoms with Gasteiger partial charge in [-0.1, -0.05) is 12.1 Å². The number of benzene rings is 1. The molecular weight excluding hydrogens is 228 g/mol. The number of alkyl halides is 2. The van der Waals surface area contributed by atoms with E-state index in [4.69, 9.17) is 10.5 Å². The predicted molar refractivity (Wildman–Crippen MR) is 59.0 cm³/mol. The van der Waals surface area contributed by atoms with Crippen molar-refractivity contribution in [3.05, 3.63) is 29.8 Å². The molecule has 0 heterocycles. The van der Waals surface area contributed by atoms with E-state index in [-0.39, 0.29) is 11.8 Å². The highest BCUT2D eigenvalue weighted by molar-refractivity contribution is 5.30. The van der Waals surface area contributed by atoms with E-state index in [1.807, 2.05) is 0 Å². The van der Waals surface area contributed by atoms with Crippen molar-refractivity contribution in [2.75, 3.05) is 6.61 Å². The molecule has 1 aromatic carbocycles. The van der Waals surface area contributed by atoms with E-state index >= 15 is 0 Å². The first-order valence-corrected chi connectivity index (χ1v) is 5.57. The highest BCUT2D eigenvalue weighted by atomic mass is 19.3. The zero-order valence-electron chi connectivity index (χ0n) is 9.31. The SMILES string of the molecule is NC(COC1CC1)c1cccc(OC(F)F)c1. The molecule has 2 rings (SSSR count). The summed E-state index contributed by atoms with van der Waals surface area (Å²) in [6.45, 7) is -2.41. The van der Waals surface area contributed by atoms with Crippen molar-refractivity contribution in [3.63, 3.8) is 0 Å². The predicted octanol–water partition coefficient (Wildman–Crippen LogP) is 2.47. The van der Waals surface area contributed by atoms with Gasteiger partial charge in [-0.25, -0.2) is 0 Å². The summed E-state index contributed by atoms with van der Waals surface area (Å²) in [5.41, 5.74) is 6.64. The van der Waals surface area contributed by atoms with Crippen LogP contribution in [0.15, 0.2) is 24.3 Å². The van der Waals surface area contributed by atoms with Crippen LogP contribution in [0.2, 0.25) is 0 Å². The Hall–Kier alpha value is -1.20. The van der Waals surface area contributed by atoms with Gasteiger partial charge >= 0.3 is 6.61 Å². The van der Waals surface area contributed by atoms with Crippen LogP contribution in [0, 0.1) is 0 Å². The second kappa shape index (κ2) is 5.42. The summed E-state index contributed by atoms with van der Waals surface area (Å²) in [4.78, 5) is 0. The molecule has 0 radical (unpaired) electrons. The molecule has 1 saturated carbocycles. The molecule has 0 aliphatic heterocycles. The van der Waals surface area contributed by atoms with Crippen molar-refractivity contribution < 1.29 is 18.3 Å². The lowest BCUT2D eigenvalue weighted by atomic mass is 10.1. The van der Waals surface area contributed by atoms with E-state index < -0.39 is 6.61 Å². The maximum Gasteiger partial charge on any atom is 0.387 e. The zero-order valence-corrected chi connectivity index (χ0v) is 9.31. The molecule has 0 spiro atoms. The highest BCUT2D eigenvalue weighted by Gasteiger charge is 2.23. The van der Waals surface area contributed by atoms with E-state index in [0.29, 0.717) is 12.7 Å². The van der Waals surface area contributed by atoms with E-state index in [1.54, 1.807) is 12.1 Å². The number of nitrogens with two attached hydrogens (primary N) is 1. The number of hydrogen-bond acceptors (Lipinski definition) is 3. The minimum absolute atomic E-state index is 0.124. The van der Waals surface area contributed by atoms with Crippen LogP contribution in [0.4, 0.5) is 8.78 Å². The van der Waals surface area contributed by atoms with Crippen LogP contribution in [0.25, 0.3) is 0 Å². The van der Waals surface area contributed by atoms with Gasteiger partial charge in [0.05, 0.1) is 18.8 Å². The van der Waals surface area contributed by atoms with Crippen molar-refractivity contribution in [1.29, 1.82) is 0 Å². The molecule has 1 unspecified atom stereocenters. The lowest BCUT2D eigenvalue weighted by Crippen LogP contribution is -2.18. The summed E-state index contributed by atoms with van der Waals surface area (Å²) in [7, 11) is 0. The van der Waals surface area contributed by atoms with Crippen molar-refractivity contribution >= 4 is 0 Å². The molecule has 0 saturated heterocycles. The molecule has 1 aliphatic carbocycles. The standard InChI is InChI=1S/C12H15F2NO2/c13-12(14)17-10-3-1-2-8(6-10)11(15)7-16-9-4-5-9/h1-3,6,9,11-12H,4-5,7,15H2. The molecule has 1 atom stereocenters. The minimum Gasteiger partial charge on any atom is -0.435 e. The number of rotatable bonds is 6. The maximum absolute atomic E-state index is 12.0. The van der Waals surface area contributed by atoms with Gasteiger partial charge in [-0.3, -0.25) is 0 Å². The van der Waals surface area contributed by atoms with Crippen LogP contribution in [0.1, 0.15) is 24.4 Å². The van der Waals surface area contributed by atoms with Gasteiger partial charge in [0.15, 0.2) is 0 Å². The zero-order chi connectivity index (χ0) is 12.3. The van der Waals surface area contributed by atoms with E-state index in [1.165, 1.54) is 12.1 Å². The van der Waals surface area contributed by atoms with Crippen LogP contribution < -0.4 is 10.5 Å². The number of hydrogen-bond donors (Lipinski definition) is 1. The molecule has 2 N–H and O–H groups in total. The van der Waals surface area contributed by atoms with Crippen molar-refractivity contribution in [2.45, 2.75) is 31.6 Å². The third-order valence-electron chi connectivity index (χ3n) is 2.55. The molecule has 5 heteroatoms. The first kappa shape index (κ1) is 12.3. The van der Waals surface area contributed by atoms with Crippen LogP contribution >= 0.6 is 0 Å². The summed E-state index contributed by atoms with van der Waals surface area (Å²) in [5, 5.41) is 0. The largest absolute Gasteiger partial charge is 0.435 e. The smallest absolute Gasteiger partial charge is 0.387 e. The average Bonchev–Trinajstić information content (AvgIpc) is 3.09. The number of ether oxygens (including phenoxy) is 2. The Kier molecular flexibility index (Phi) is 3.91. The average molecular weight is 243 g/mol. The van der Waals surface area contributed by atoms with Gasteiger partial charge < -0.3 is 15.2 Å². The van der Waals surface area contributed by atoms with Crippen molar-refractivity contribution in [3.8, 4) is 5.75 Å². The molecule has 1 fully saturated rings. The Morgan fingerprint density at radius 1 is 1.35 bits per heavy atom. The Bertz CT molecular complexity index is 369. The molecule has 17 heavy (non-hydrogen) atoms. The molecule has 1 aliphatic rings. The van der Waals surface area contributed by atoms with Gasteiger partial charge in [-0.15, -0.1) is 0 Å². The quantitative estimate of drug-likeness (QED) is 0.834. The fourth-order valence-electron chi connectivity index (χ4n) is 1.49. The second-order valence-electron chi connectivity index (χ2n) is 4.09. The molecule has 1 aromatic rings. The molecular formula is C12H15F2NO2.